The number of amides is 2. The Kier molecular flexibility index (Phi) is 5.33. The first-order valence-corrected chi connectivity index (χ1v) is 11.4. The second-order valence-corrected chi connectivity index (χ2v) is 9.14. The third-order valence-corrected chi connectivity index (χ3v) is 7.22. The molecule has 6 heteroatoms. The Morgan fingerprint density at radius 3 is 2.55 bits per heavy atom. The van der Waals surface area contributed by atoms with Gasteiger partial charge in [0.15, 0.2) is 0 Å². The maximum atomic E-state index is 13.3. The van der Waals surface area contributed by atoms with E-state index in [0.717, 1.165) is 52.8 Å². The Balaban J connectivity index is 1.33. The van der Waals surface area contributed by atoms with E-state index < -0.39 is 5.54 Å². The summed E-state index contributed by atoms with van der Waals surface area (Å²) in [5.74, 6) is 0.917. The molecule has 2 heterocycles. The minimum atomic E-state index is -0.564. The van der Waals surface area contributed by atoms with Crippen molar-refractivity contribution in [2.45, 2.75) is 38.8 Å². The van der Waals surface area contributed by atoms with E-state index in [0.29, 0.717) is 13.1 Å². The minimum Gasteiger partial charge on any atom is -0.496 e. The monoisotopic (exact) mass is 443 g/mol. The van der Waals surface area contributed by atoms with E-state index in [1.807, 2.05) is 43.3 Å². The van der Waals surface area contributed by atoms with Gasteiger partial charge in [-0.05, 0) is 60.5 Å². The van der Waals surface area contributed by atoms with Crippen molar-refractivity contribution in [2.75, 3.05) is 30.4 Å². The highest BCUT2D eigenvalue weighted by Crippen LogP contribution is 2.37. The molecule has 2 amide bonds. The van der Waals surface area contributed by atoms with E-state index in [1.165, 1.54) is 5.56 Å². The van der Waals surface area contributed by atoms with E-state index in [9.17, 15) is 9.59 Å². The van der Waals surface area contributed by atoms with Gasteiger partial charge < -0.3 is 15.0 Å². The summed E-state index contributed by atoms with van der Waals surface area (Å²) in [7, 11) is 1.69. The normalized spacial score (nSPS) is 19.8. The smallest absolute Gasteiger partial charge is 0.244 e. The summed E-state index contributed by atoms with van der Waals surface area (Å²) in [5, 5.41) is 5.36. The van der Waals surface area contributed by atoms with Crippen molar-refractivity contribution in [3.05, 3.63) is 65.7 Å². The van der Waals surface area contributed by atoms with Crippen LogP contribution in [0.5, 0.6) is 5.75 Å². The molecule has 0 aromatic heterocycles. The van der Waals surface area contributed by atoms with Crippen LogP contribution in [0.25, 0.3) is 10.8 Å². The quantitative estimate of drug-likeness (QED) is 0.637. The van der Waals surface area contributed by atoms with Crippen LogP contribution in [0.1, 0.15) is 31.4 Å². The standard InChI is InChI=1S/C27H29N3O3/c1-18(31)30-14-12-19-16-21(9-10-24(19)30)28-26(32)27(2)13-15-29(27)17-20-8-11-25(33-3)23-7-5-4-6-22(20)23/h4-11,16H,12-15,17H2,1-3H3,(H,28,32). The van der Waals surface area contributed by atoms with Crippen LogP contribution < -0.4 is 15.0 Å². The molecule has 1 saturated heterocycles. The maximum absolute atomic E-state index is 13.3. The molecule has 1 atom stereocenters. The highest BCUT2D eigenvalue weighted by molar-refractivity contribution is 6.00. The molecule has 0 radical (unpaired) electrons. The second kappa shape index (κ2) is 8.19. The number of hydrogen-bond acceptors (Lipinski definition) is 4. The molecule has 1 unspecified atom stereocenters. The Morgan fingerprint density at radius 1 is 1.06 bits per heavy atom. The molecule has 3 aromatic rings. The first-order valence-electron chi connectivity index (χ1n) is 11.4. The predicted molar refractivity (Wildman–Crippen MR) is 131 cm³/mol. The fourth-order valence-electron chi connectivity index (χ4n) is 5.04. The van der Waals surface area contributed by atoms with Gasteiger partial charge in [0.2, 0.25) is 11.8 Å². The molecule has 33 heavy (non-hydrogen) atoms. The molecule has 5 rings (SSSR count). The zero-order valence-electron chi connectivity index (χ0n) is 19.4. The highest BCUT2D eigenvalue weighted by Gasteiger charge is 2.46. The Bertz CT molecular complexity index is 1250. The summed E-state index contributed by atoms with van der Waals surface area (Å²) in [6, 6.07) is 18.2. The molecule has 2 aliphatic rings. The summed E-state index contributed by atoms with van der Waals surface area (Å²) < 4.78 is 5.53. The number of benzene rings is 3. The Labute approximate surface area is 194 Å². The molecule has 0 aliphatic carbocycles. The van der Waals surface area contributed by atoms with Gasteiger partial charge in [0, 0.05) is 43.3 Å². The van der Waals surface area contributed by atoms with E-state index in [4.69, 9.17) is 4.74 Å². The summed E-state index contributed by atoms with van der Waals surface area (Å²) in [6.45, 7) is 5.88. The molecule has 0 saturated carbocycles. The molecule has 6 nitrogen and oxygen atoms in total. The topological polar surface area (TPSA) is 61.9 Å². The largest absolute Gasteiger partial charge is 0.496 e. The molecule has 1 fully saturated rings. The molecule has 1 N–H and O–H groups in total. The maximum Gasteiger partial charge on any atom is 0.244 e. The van der Waals surface area contributed by atoms with Crippen molar-refractivity contribution >= 4 is 34.0 Å². The van der Waals surface area contributed by atoms with Crippen molar-refractivity contribution in [3.63, 3.8) is 0 Å². The zero-order valence-corrected chi connectivity index (χ0v) is 19.4. The molecule has 3 aromatic carbocycles. The van der Waals surface area contributed by atoms with Crippen LogP contribution in [-0.4, -0.2) is 42.5 Å². The lowest BCUT2D eigenvalue weighted by molar-refractivity contribution is -0.136. The first-order chi connectivity index (χ1) is 15.9. The van der Waals surface area contributed by atoms with Crippen LogP contribution in [0.3, 0.4) is 0 Å². The van der Waals surface area contributed by atoms with Gasteiger partial charge in [0.05, 0.1) is 12.6 Å². The third kappa shape index (κ3) is 3.64. The highest BCUT2D eigenvalue weighted by atomic mass is 16.5. The van der Waals surface area contributed by atoms with E-state index >= 15 is 0 Å². The van der Waals surface area contributed by atoms with Gasteiger partial charge in [-0.3, -0.25) is 14.5 Å². The lowest BCUT2D eigenvalue weighted by atomic mass is 9.84. The van der Waals surface area contributed by atoms with Crippen LogP contribution in [0.2, 0.25) is 0 Å². The second-order valence-electron chi connectivity index (χ2n) is 9.14. The summed E-state index contributed by atoms with van der Waals surface area (Å²) in [5.41, 5.74) is 3.46. The first kappa shape index (κ1) is 21.5. The van der Waals surface area contributed by atoms with Gasteiger partial charge >= 0.3 is 0 Å². The summed E-state index contributed by atoms with van der Waals surface area (Å²) >= 11 is 0. The molecular weight excluding hydrogens is 414 g/mol. The third-order valence-electron chi connectivity index (χ3n) is 7.22. The van der Waals surface area contributed by atoms with Gasteiger partial charge in [0.1, 0.15) is 5.75 Å². The van der Waals surface area contributed by atoms with Gasteiger partial charge in [0.25, 0.3) is 0 Å². The van der Waals surface area contributed by atoms with E-state index in [-0.39, 0.29) is 11.8 Å². The molecule has 0 spiro atoms. The number of nitrogens with zero attached hydrogens (tertiary/aromatic N) is 2. The Morgan fingerprint density at radius 2 is 1.85 bits per heavy atom. The van der Waals surface area contributed by atoms with Crippen molar-refractivity contribution in [2.24, 2.45) is 0 Å². The number of hydrogen-bond donors (Lipinski definition) is 1. The van der Waals surface area contributed by atoms with Crippen molar-refractivity contribution in [1.82, 2.24) is 4.90 Å². The van der Waals surface area contributed by atoms with Gasteiger partial charge in [-0.2, -0.15) is 0 Å². The predicted octanol–water partition coefficient (Wildman–Crippen LogP) is 4.36. The van der Waals surface area contributed by atoms with Gasteiger partial charge in [-0.1, -0.05) is 30.3 Å². The number of carbonyl (C=O) groups is 2. The molecular formula is C27H29N3O3. The number of likely N-dealkylation sites (tertiary alicyclic amines) is 1. The van der Waals surface area contributed by atoms with E-state index in [1.54, 1.807) is 18.9 Å². The fourth-order valence-corrected chi connectivity index (χ4v) is 5.04. The van der Waals surface area contributed by atoms with Crippen molar-refractivity contribution < 1.29 is 14.3 Å². The number of rotatable bonds is 5. The lowest BCUT2D eigenvalue weighted by Gasteiger charge is -2.49. The number of ether oxygens (including phenoxy) is 1. The summed E-state index contributed by atoms with van der Waals surface area (Å²) in [6.07, 6.45) is 1.63. The van der Waals surface area contributed by atoms with Gasteiger partial charge in [-0.25, -0.2) is 0 Å². The van der Waals surface area contributed by atoms with E-state index in [2.05, 4.69) is 28.4 Å². The average Bonchev–Trinajstić information content (AvgIpc) is 3.24. The number of methoxy groups -OCH3 is 1. The lowest BCUT2D eigenvalue weighted by Crippen LogP contribution is -2.63. The Hall–Kier alpha value is -3.38. The number of fused-ring (bicyclic) bond motifs is 2. The molecule has 170 valence electrons. The molecule has 0 bridgehead atoms. The number of anilines is 2. The fraction of sp³-hybridized carbons (Fsp3) is 0.333. The van der Waals surface area contributed by atoms with Crippen molar-refractivity contribution in [3.8, 4) is 5.75 Å². The summed E-state index contributed by atoms with van der Waals surface area (Å²) in [4.78, 5) is 29.1. The number of nitrogens with one attached hydrogen (secondary N) is 1. The van der Waals surface area contributed by atoms with Crippen LogP contribution in [0.15, 0.2) is 54.6 Å². The zero-order chi connectivity index (χ0) is 23.2. The van der Waals surface area contributed by atoms with Gasteiger partial charge in [-0.15, -0.1) is 0 Å². The van der Waals surface area contributed by atoms with Crippen LogP contribution in [0.4, 0.5) is 11.4 Å². The van der Waals surface area contributed by atoms with Crippen LogP contribution >= 0.6 is 0 Å². The van der Waals surface area contributed by atoms with Crippen LogP contribution in [-0.2, 0) is 22.6 Å². The average molecular weight is 444 g/mol. The molecule has 2 aliphatic heterocycles. The minimum absolute atomic E-state index is 0.00735. The number of carbonyl (C=O) groups excluding carboxylic acids is 2. The van der Waals surface area contributed by atoms with Crippen LogP contribution in [0, 0.1) is 0 Å². The SMILES string of the molecule is COc1ccc(CN2CCC2(C)C(=O)Nc2ccc3c(c2)CCN3C(C)=O)c2ccccc12. The van der Waals surface area contributed by atoms with Crippen molar-refractivity contribution in [1.29, 1.82) is 0 Å².